The predicted molar refractivity (Wildman–Crippen MR) is 30.6 cm³/mol. The van der Waals surface area contributed by atoms with Crippen LogP contribution in [0.4, 0.5) is 0 Å². The molecule has 0 rings (SSSR count). The van der Waals surface area contributed by atoms with Crippen LogP contribution in [-0.4, -0.2) is 17.7 Å². The van der Waals surface area contributed by atoms with Crippen molar-refractivity contribution in [3.05, 3.63) is 0 Å². The SMILES string of the molecule is O=C([O-])CCCCCO. The average Bonchev–Trinajstić information content (AvgIpc) is 1.80. The van der Waals surface area contributed by atoms with Crippen molar-refractivity contribution in [1.29, 1.82) is 0 Å². The lowest BCUT2D eigenvalue weighted by Gasteiger charge is -1.98. The van der Waals surface area contributed by atoms with Gasteiger partial charge in [0.2, 0.25) is 0 Å². The zero-order valence-corrected chi connectivity index (χ0v) is 5.30. The van der Waals surface area contributed by atoms with E-state index in [0.717, 1.165) is 6.42 Å². The average molecular weight is 131 g/mol. The molecule has 9 heavy (non-hydrogen) atoms. The van der Waals surface area contributed by atoms with E-state index in [1.807, 2.05) is 0 Å². The molecular weight excluding hydrogens is 120 g/mol. The summed E-state index contributed by atoms with van der Waals surface area (Å²) >= 11 is 0. The molecule has 0 aromatic heterocycles. The number of hydrogen-bond acceptors (Lipinski definition) is 3. The van der Waals surface area contributed by atoms with Crippen molar-refractivity contribution < 1.29 is 15.0 Å². The van der Waals surface area contributed by atoms with Crippen LogP contribution in [-0.2, 0) is 4.79 Å². The van der Waals surface area contributed by atoms with Gasteiger partial charge in [-0.25, -0.2) is 0 Å². The Labute approximate surface area is 54.3 Å². The monoisotopic (exact) mass is 131 g/mol. The van der Waals surface area contributed by atoms with Crippen LogP contribution in [0, 0.1) is 0 Å². The first-order valence-electron chi connectivity index (χ1n) is 3.08. The van der Waals surface area contributed by atoms with Crippen molar-refractivity contribution in [2.75, 3.05) is 6.61 Å². The molecule has 1 N–H and O–H groups in total. The standard InChI is InChI=1S/C6H12O3/c7-5-3-1-2-4-6(8)9/h7H,1-5H2,(H,8,9)/p-1. The molecule has 0 spiro atoms. The first-order valence-corrected chi connectivity index (χ1v) is 3.08. The number of hydrogen-bond donors (Lipinski definition) is 1. The van der Waals surface area contributed by atoms with Gasteiger partial charge in [-0.3, -0.25) is 0 Å². The van der Waals surface area contributed by atoms with Gasteiger partial charge in [-0.15, -0.1) is 0 Å². The highest BCUT2D eigenvalue weighted by Gasteiger charge is 1.87. The Hall–Kier alpha value is -0.570. The number of aliphatic carboxylic acids is 1. The molecule has 54 valence electrons. The second-order valence-electron chi connectivity index (χ2n) is 1.91. The summed E-state index contributed by atoms with van der Waals surface area (Å²) in [6.45, 7) is 0.146. The lowest BCUT2D eigenvalue weighted by molar-refractivity contribution is -0.305. The fraction of sp³-hybridized carbons (Fsp3) is 0.833. The minimum Gasteiger partial charge on any atom is -0.550 e. The molecular formula is C6H11O3-. The maximum atomic E-state index is 9.79. The summed E-state index contributed by atoms with van der Waals surface area (Å²) in [5.74, 6) is -1.01. The Morgan fingerprint density at radius 3 is 2.44 bits per heavy atom. The highest BCUT2D eigenvalue weighted by Crippen LogP contribution is 1.96. The third kappa shape index (κ3) is 7.43. The lowest BCUT2D eigenvalue weighted by Crippen LogP contribution is -2.21. The maximum Gasteiger partial charge on any atom is 0.0431 e. The normalized spacial score (nSPS) is 9.44. The zero-order chi connectivity index (χ0) is 7.11. The van der Waals surface area contributed by atoms with E-state index in [9.17, 15) is 9.90 Å². The van der Waals surface area contributed by atoms with Crippen LogP contribution in [0.5, 0.6) is 0 Å². The van der Waals surface area contributed by atoms with E-state index >= 15 is 0 Å². The first-order chi connectivity index (χ1) is 4.27. The molecule has 0 fully saturated rings. The smallest absolute Gasteiger partial charge is 0.0431 e. The fourth-order valence-corrected chi connectivity index (χ4v) is 0.558. The molecule has 0 aliphatic carbocycles. The molecule has 0 aromatic carbocycles. The zero-order valence-electron chi connectivity index (χ0n) is 5.30. The van der Waals surface area contributed by atoms with Crippen molar-refractivity contribution >= 4 is 5.97 Å². The number of unbranched alkanes of at least 4 members (excludes halogenated alkanes) is 2. The minimum absolute atomic E-state index is 0.111. The second kappa shape index (κ2) is 5.56. The molecule has 0 saturated heterocycles. The molecule has 0 unspecified atom stereocenters. The molecule has 0 bridgehead atoms. The third-order valence-corrected chi connectivity index (χ3v) is 1.04. The van der Waals surface area contributed by atoms with Gasteiger partial charge in [-0.1, -0.05) is 6.42 Å². The number of carboxylic acids is 1. The van der Waals surface area contributed by atoms with Crippen LogP contribution in [0.2, 0.25) is 0 Å². The minimum atomic E-state index is -1.01. The van der Waals surface area contributed by atoms with E-state index in [2.05, 4.69) is 0 Å². The summed E-state index contributed by atoms with van der Waals surface area (Å²) in [4.78, 5) is 9.79. The van der Waals surface area contributed by atoms with Crippen molar-refractivity contribution in [3.63, 3.8) is 0 Å². The Morgan fingerprint density at radius 1 is 1.33 bits per heavy atom. The van der Waals surface area contributed by atoms with Gasteiger partial charge in [0.1, 0.15) is 0 Å². The molecule has 0 aromatic rings. The van der Waals surface area contributed by atoms with E-state index in [1.165, 1.54) is 0 Å². The van der Waals surface area contributed by atoms with E-state index in [1.54, 1.807) is 0 Å². The Bertz CT molecular complexity index is 80.4. The van der Waals surface area contributed by atoms with Gasteiger partial charge < -0.3 is 15.0 Å². The van der Waals surface area contributed by atoms with Crippen molar-refractivity contribution in [2.24, 2.45) is 0 Å². The van der Waals surface area contributed by atoms with E-state index in [4.69, 9.17) is 5.11 Å². The summed E-state index contributed by atoms with van der Waals surface area (Å²) in [6.07, 6.45) is 2.18. The molecule has 0 aliphatic rings. The van der Waals surface area contributed by atoms with Crippen LogP contribution in [0.25, 0.3) is 0 Å². The molecule has 0 atom stereocenters. The molecule has 0 radical (unpaired) electrons. The Morgan fingerprint density at radius 2 is 2.00 bits per heavy atom. The highest BCUT2D eigenvalue weighted by molar-refractivity contribution is 5.63. The number of carbonyl (C=O) groups is 1. The molecule has 0 heterocycles. The second-order valence-corrected chi connectivity index (χ2v) is 1.91. The molecule has 0 saturated carbocycles. The first kappa shape index (κ1) is 8.43. The van der Waals surface area contributed by atoms with Gasteiger partial charge in [0, 0.05) is 12.6 Å². The predicted octanol–water partition coefficient (Wildman–Crippen LogP) is -0.711. The quantitative estimate of drug-likeness (QED) is 0.501. The van der Waals surface area contributed by atoms with Gasteiger partial charge in [0.05, 0.1) is 0 Å². The fourth-order valence-electron chi connectivity index (χ4n) is 0.558. The van der Waals surface area contributed by atoms with Crippen LogP contribution in [0.3, 0.4) is 0 Å². The highest BCUT2D eigenvalue weighted by atomic mass is 16.4. The number of carbonyl (C=O) groups excluding carboxylic acids is 1. The summed E-state index contributed by atoms with van der Waals surface area (Å²) < 4.78 is 0. The van der Waals surface area contributed by atoms with Crippen LogP contribution in [0.1, 0.15) is 25.7 Å². The van der Waals surface area contributed by atoms with Crippen molar-refractivity contribution in [2.45, 2.75) is 25.7 Å². The topological polar surface area (TPSA) is 60.4 Å². The van der Waals surface area contributed by atoms with E-state index < -0.39 is 5.97 Å². The number of aliphatic hydroxyl groups is 1. The summed E-state index contributed by atoms with van der Waals surface area (Å²) in [6, 6.07) is 0. The Balaban J connectivity index is 2.83. The van der Waals surface area contributed by atoms with E-state index in [0.29, 0.717) is 12.8 Å². The largest absolute Gasteiger partial charge is 0.550 e. The number of aliphatic hydroxyl groups excluding tert-OH is 1. The molecule has 3 nitrogen and oxygen atoms in total. The molecule has 0 aliphatic heterocycles. The maximum absolute atomic E-state index is 9.79. The Kier molecular flexibility index (Phi) is 5.21. The molecule has 3 heteroatoms. The summed E-state index contributed by atoms with van der Waals surface area (Å²) in [5.41, 5.74) is 0. The molecule has 0 amide bonds. The van der Waals surface area contributed by atoms with Crippen LogP contribution in [0.15, 0.2) is 0 Å². The summed E-state index contributed by atoms with van der Waals surface area (Å²) in [7, 11) is 0. The van der Waals surface area contributed by atoms with E-state index in [-0.39, 0.29) is 13.0 Å². The third-order valence-electron chi connectivity index (χ3n) is 1.04. The van der Waals surface area contributed by atoms with Crippen molar-refractivity contribution in [1.82, 2.24) is 0 Å². The summed E-state index contributed by atoms with van der Waals surface area (Å²) in [5, 5.41) is 18.1. The van der Waals surface area contributed by atoms with Gasteiger partial charge in [0.25, 0.3) is 0 Å². The van der Waals surface area contributed by atoms with Gasteiger partial charge in [0.15, 0.2) is 0 Å². The van der Waals surface area contributed by atoms with Gasteiger partial charge in [-0.05, 0) is 19.3 Å². The van der Waals surface area contributed by atoms with Crippen LogP contribution >= 0.6 is 0 Å². The van der Waals surface area contributed by atoms with Gasteiger partial charge in [-0.2, -0.15) is 0 Å². The number of rotatable bonds is 5. The van der Waals surface area contributed by atoms with Crippen molar-refractivity contribution in [3.8, 4) is 0 Å². The lowest BCUT2D eigenvalue weighted by atomic mass is 10.2. The number of carboxylic acid groups (broad SMARTS) is 1. The van der Waals surface area contributed by atoms with Crippen LogP contribution < -0.4 is 5.11 Å². The van der Waals surface area contributed by atoms with Gasteiger partial charge >= 0.3 is 0 Å².